The Morgan fingerprint density at radius 3 is 1.55 bits per heavy atom. The van der Waals surface area contributed by atoms with E-state index >= 15 is 0 Å². The van der Waals surface area contributed by atoms with Crippen LogP contribution in [0.2, 0.25) is 0 Å². The minimum absolute atomic E-state index is 0.128. The van der Waals surface area contributed by atoms with Crippen molar-refractivity contribution < 1.29 is 4.42 Å². The molecule has 0 fully saturated rings. The largest absolute Gasteiger partial charge is 0.455 e. The standard InChI is InChI=1S/C63H43NO/c1-63(2)59-21-10-8-17-53(59)54-36-33-47(39-60(54)63)64(45-30-27-43(28-31-45)42-25-23-41(24-26-42)40-13-4-3-5-14-40)46-32-35-52-51-34-29-44(37-57(51)49-15-6-7-16-50(49)58(52)38-46)48-19-12-20-56-55-18-9-11-22-61(55)65-62(48)56/h3-39H,1-2H3. The summed E-state index contributed by atoms with van der Waals surface area (Å²) >= 11 is 0. The van der Waals surface area contributed by atoms with Crippen molar-refractivity contribution in [2.24, 2.45) is 0 Å². The van der Waals surface area contributed by atoms with Crippen molar-refractivity contribution in [3.8, 4) is 44.5 Å². The molecule has 1 aliphatic rings. The van der Waals surface area contributed by atoms with Crippen LogP contribution in [-0.4, -0.2) is 0 Å². The lowest BCUT2D eigenvalue weighted by molar-refractivity contribution is 0.660. The third kappa shape index (κ3) is 5.88. The fourth-order valence-electron chi connectivity index (χ4n) is 10.8. The summed E-state index contributed by atoms with van der Waals surface area (Å²) in [6, 6.07) is 82.2. The average Bonchev–Trinajstić information content (AvgIpc) is 3.86. The number of benzene rings is 11. The second-order valence-corrected chi connectivity index (χ2v) is 18.0. The molecule has 2 nitrogen and oxygen atoms in total. The molecule has 0 bridgehead atoms. The van der Waals surface area contributed by atoms with Crippen molar-refractivity contribution in [1.82, 2.24) is 0 Å². The molecular formula is C63H43NO. The molecule has 0 saturated heterocycles. The summed E-state index contributed by atoms with van der Waals surface area (Å²) in [5, 5.41) is 9.68. The number of nitrogens with zero attached hydrogens (tertiary/aromatic N) is 1. The van der Waals surface area contributed by atoms with E-state index in [1.54, 1.807) is 0 Å². The van der Waals surface area contributed by atoms with Gasteiger partial charge in [0.15, 0.2) is 0 Å². The normalized spacial score (nSPS) is 12.9. The van der Waals surface area contributed by atoms with Gasteiger partial charge < -0.3 is 9.32 Å². The molecule has 0 spiro atoms. The Hall–Kier alpha value is -8.20. The molecule has 0 radical (unpaired) electrons. The molecular weight excluding hydrogens is 787 g/mol. The van der Waals surface area contributed by atoms with Gasteiger partial charge in [-0.15, -0.1) is 0 Å². The van der Waals surface area contributed by atoms with Crippen LogP contribution in [0, 0.1) is 0 Å². The summed E-state index contributed by atoms with van der Waals surface area (Å²) in [5.74, 6) is 0. The van der Waals surface area contributed by atoms with Crippen molar-refractivity contribution in [1.29, 1.82) is 0 Å². The first-order chi connectivity index (χ1) is 32.0. The molecule has 0 aliphatic heterocycles. The third-order valence-electron chi connectivity index (χ3n) is 14.1. The van der Waals surface area contributed by atoms with Gasteiger partial charge >= 0.3 is 0 Å². The van der Waals surface area contributed by atoms with Gasteiger partial charge in [0, 0.05) is 38.8 Å². The predicted molar refractivity (Wildman–Crippen MR) is 275 cm³/mol. The molecule has 12 aromatic rings. The number of para-hydroxylation sites is 2. The predicted octanol–water partition coefficient (Wildman–Crippen LogP) is 17.8. The number of hydrogen-bond donors (Lipinski definition) is 0. The van der Waals surface area contributed by atoms with Gasteiger partial charge in [-0.25, -0.2) is 0 Å². The minimum atomic E-state index is -0.128. The number of fused-ring (bicyclic) bond motifs is 12. The maximum Gasteiger partial charge on any atom is 0.143 e. The summed E-state index contributed by atoms with van der Waals surface area (Å²) in [6.07, 6.45) is 0. The Balaban J connectivity index is 0.959. The van der Waals surface area contributed by atoms with E-state index in [4.69, 9.17) is 4.42 Å². The van der Waals surface area contributed by atoms with Gasteiger partial charge in [-0.05, 0) is 131 Å². The minimum Gasteiger partial charge on any atom is -0.455 e. The molecule has 0 amide bonds. The van der Waals surface area contributed by atoms with Gasteiger partial charge in [-0.2, -0.15) is 0 Å². The van der Waals surface area contributed by atoms with Crippen LogP contribution in [0.15, 0.2) is 229 Å². The van der Waals surface area contributed by atoms with E-state index in [9.17, 15) is 0 Å². The summed E-state index contributed by atoms with van der Waals surface area (Å²) in [7, 11) is 0. The van der Waals surface area contributed by atoms with E-state index in [2.05, 4.69) is 237 Å². The second kappa shape index (κ2) is 14.4. The summed E-state index contributed by atoms with van der Waals surface area (Å²) in [6.45, 7) is 4.72. The third-order valence-corrected chi connectivity index (χ3v) is 14.1. The van der Waals surface area contributed by atoms with Gasteiger partial charge in [0.2, 0.25) is 0 Å². The van der Waals surface area contributed by atoms with E-state index in [1.165, 1.54) is 76.8 Å². The van der Waals surface area contributed by atoms with Crippen LogP contribution in [0.5, 0.6) is 0 Å². The van der Waals surface area contributed by atoms with E-state index in [0.717, 1.165) is 50.1 Å². The quantitative estimate of drug-likeness (QED) is 0.155. The van der Waals surface area contributed by atoms with E-state index in [-0.39, 0.29) is 5.41 Å². The molecule has 2 heteroatoms. The van der Waals surface area contributed by atoms with E-state index in [0.29, 0.717) is 0 Å². The van der Waals surface area contributed by atoms with Crippen molar-refractivity contribution in [2.75, 3.05) is 4.90 Å². The summed E-state index contributed by atoms with van der Waals surface area (Å²) < 4.78 is 6.51. The SMILES string of the molecule is CC1(C)c2ccccc2-c2ccc(N(c3ccc(-c4ccc(-c5ccccc5)cc4)cc3)c3ccc4c5ccc(-c6cccc7c6oc6ccccc67)cc5c5ccccc5c4c3)cc21. The Bertz CT molecular complexity index is 3820. The van der Waals surface area contributed by atoms with Gasteiger partial charge in [-0.1, -0.05) is 190 Å². The highest BCUT2D eigenvalue weighted by molar-refractivity contribution is 6.26. The average molecular weight is 830 g/mol. The van der Waals surface area contributed by atoms with Gasteiger partial charge in [-0.3, -0.25) is 0 Å². The highest BCUT2D eigenvalue weighted by Crippen LogP contribution is 2.51. The molecule has 0 atom stereocenters. The monoisotopic (exact) mass is 829 g/mol. The number of anilines is 3. The molecule has 0 saturated carbocycles. The molecule has 13 rings (SSSR count). The molecule has 65 heavy (non-hydrogen) atoms. The first kappa shape index (κ1) is 37.4. The Morgan fingerprint density at radius 1 is 0.308 bits per heavy atom. The van der Waals surface area contributed by atoms with Crippen molar-refractivity contribution >= 4 is 71.3 Å². The molecule has 1 heterocycles. The maximum absolute atomic E-state index is 6.51. The van der Waals surface area contributed by atoms with Crippen LogP contribution < -0.4 is 4.90 Å². The van der Waals surface area contributed by atoms with Gasteiger partial charge in [0.1, 0.15) is 11.2 Å². The summed E-state index contributed by atoms with van der Waals surface area (Å²) in [5.41, 5.74) is 17.5. The van der Waals surface area contributed by atoms with Crippen LogP contribution in [0.4, 0.5) is 17.1 Å². The zero-order valence-electron chi connectivity index (χ0n) is 36.2. The molecule has 11 aromatic carbocycles. The van der Waals surface area contributed by atoms with Gasteiger partial charge in [0.25, 0.3) is 0 Å². The molecule has 0 N–H and O–H groups in total. The van der Waals surface area contributed by atoms with Crippen LogP contribution in [0.25, 0.3) is 98.8 Å². The Labute approximate surface area is 378 Å². The lowest BCUT2D eigenvalue weighted by Gasteiger charge is -2.28. The van der Waals surface area contributed by atoms with Crippen molar-refractivity contribution in [2.45, 2.75) is 19.3 Å². The van der Waals surface area contributed by atoms with E-state index < -0.39 is 0 Å². The van der Waals surface area contributed by atoms with Crippen molar-refractivity contribution in [3.63, 3.8) is 0 Å². The van der Waals surface area contributed by atoms with Crippen LogP contribution in [0.1, 0.15) is 25.0 Å². The van der Waals surface area contributed by atoms with Gasteiger partial charge in [0.05, 0.1) is 0 Å². The number of rotatable bonds is 6. The van der Waals surface area contributed by atoms with Crippen molar-refractivity contribution in [3.05, 3.63) is 236 Å². The smallest absolute Gasteiger partial charge is 0.143 e. The highest BCUT2D eigenvalue weighted by Gasteiger charge is 2.35. The van der Waals surface area contributed by atoms with Crippen LogP contribution in [0.3, 0.4) is 0 Å². The first-order valence-electron chi connectivity index (χ1n) is 22.6. The lowest BCUT2D eigenvalue weighted by Crippen LogP contribution is -2.16. The van der Waals surface area contributed by atoms with Crippen LogP contribution in [-0.2, 0) is 5.41 Å². The lowest BCUT2D eigenvalue weighted by atomic mass is 9.82. The molecule has 1 aromatic heterocycles. The van der Waals surface area contributed by atoms with Crippen LogP contribution >= 0.6 is 0 Å². The zero-order valence-corrected chi connectivity index (χ0v) is 36.2. The fourth-order valence-corrected chi connectivity index (χ4v) is 10.8. The zero-order chi connectivity index (χ0) is 43.2. The molecule has 306 valence electrons. The second-order valence-electron chi connectivity index (χ2n) is 18.0. The Kier molecular flexibility index (Phi) is 8.29. The fraction of sp³-hybridized carbons (Fsp3) is 0.0476. The topological polar surface area (TPSA) is 16.4 Å². The number of hydrogen-bond acceptors (Lipinski definition) is 2. The first-order valence-corrected chi connectivity index (χ1v) is 22.6. The number of furan rings is 1. The maximum atomic E-state index is 6.51. The summed E-state index contributed by atoms with van der Waals surface area (Å²) in [4.78, 5) is 2.44. The Morgan fingerprint density at radius 2 is 0.800 bits per heavy atom. The molecule has 0 unspecified atom stereocenters. The van der Waals surface area contributed by atoms with E-state index in [1.807, 2.05) is 6.07 Å². The highest BCUT2D eigenvalue weighted by atomic mass is 16.3. The molecule has 1 aliphatic carbocycles.